The molecule has 0 atom stereocenters. The van der Waals surface area contributed by atoms with Gasteiger partial charge in [-0.25, -0.2) is 0 Å². The summed E-state index contributed by atoms with van der Waals surface area (Å²) in [6, 6.07) is 9.51. The molecule has 0 N–H and O–H groups in total. The zero-order valence-electron chi connectivity index (χ0n) is 12.7. The van der Waals surface area contributed by atoms with Gasteiger partial charge in [-0.15, -0.1) is 92.8 Å². The van der Waals surface area contributed by atoms with Crippen LogP contribution in [-0.2, 0) is 0 Å². The number of halogens is 8. The average molecular weight is 514 g/mol. The lowest BCUT2D eigenvalue weighted by atomic mass is 9.96. The smallest absolute Gasteiger partial charge is 0.193 e. The average Bonchev–Trinajstić information content (AvgIpc) is 2.59. The fourth-order valence-electron chi connectivity index (χ4n) is 2.37. The van der Waals surface area contributed by atoms with Crippen LogP contribution >= 0.6 is 92.8 Å². The van der Waals surface area contributed by atoms with Gasteiger partial charge in [0.15, 0.2) is 5.78 Å². The number of rotatable bonds is 6. The number of benzene rings is 2. The van der Waals surface area contributed by atoms with Crippen LogP contribution in [0.3, 0.4) is 0 Å². The van der Waals surface area contributed by atoms with E-state index < -0.39 is 19.3 Å². The third-order valence-corrected chi connectivity index (χ3v) is 5.52. The molecular formula is C17H10Cl8O. The van der Waals surface area contributed by atoms with Crippen molar-refractivity contribution in [2.45, 2.75) is 19.3 Å². The Morgan fingerprint density at radius 3 is 1.12 bits per heavy atom. The Morgan fingerprint density at radius 2 is 0.846 bits per heavy atom. The molecule has 0 spiro atoms. The number of alkyl halides is 8. The fourth-order valence-corrected chi connectivity index (χ4v) is 3.92. The normalized spacial score (nSPS) is 11.8. The second-order valence-corrected chi connectivity index (χ2v) is 9.60. The number of hydrogen-bond donors (Lipinski definition) is 0. The minimum absolute atomic E-state index is 0.282. The Bertz CT molecular complexity index is 736. The monoisotopic (exact) mass is 510 g/mol. The first-order chi connectivity index (χ1) is 12.1. The van der Waals surface area contributed by atoms with Crippen molar-refractivity contribution in [1.82, 2.24) is 0 Å². The molecular weight excluding hydrogens is 504 g/mol. The van der Waals surface area contributed by atoms with Gasteiger partial charge in [-0.05, 0) is 34.4 Å². The van der Waals surface area contributed by atoms with Gasteiger partial charge in [0.2, 0.25) is 0 Å². The predicted octanol–water partition coefficient (Wildman–Crippen LogP) is 8.82. The minimum atomic E-state index is -0.890. The van der Waals surface area contributed by atoms with Crippen molar-refractivity contribution in [3.8, 4) is 0 Å². The number of ketones is 1. The van der Waals surface area contributed by atoms with Gasteiger partial charge in [0.25, 0.3) is 0 Å². The standard InChI is InChI=1S/C17H10Cl8O/c18-14(19)9-3-1-7(5-11(9)16(22)23)13(26)8-2-4-10(15(20)21)12(6-8)17(24)25/h1-6,14-17H. The lowest BCUT2D eigenvalue weighted by molar-refractivity contribution is 0.103. The van der Waals surface area contributed by atoms with Crippen molar-refractivity contribution < 1.29 is 4.79 Å². The molecule has 9 heteroatoms. The van der Waals surface area contributed by atoms with Gasteiger partial charge in [-0.3, -0.25) is 4.79 Å². The summed E-state index contributed by atoms with van der Waals surface area (Å²) >= 11 is 47.5. The second kappa shape index (κ2) is 9.76. The molecule has 0 saturated carbocycles. The van der Waals surface area contributed by atoms with Crippen molar-refractivity contribution in [1.29, 1.82) is 0 Å². The van der Waals surface area contributed by atoms with Gasteiger partial charge in [0.05, 0.1) is 0 Å². The largest absolute Gasteiger partial charge is 0.289 e. The quantitative estimate of drug-likeness (QED) is 0.278. The Hall–Kier alpha value is 0.430. The fraction of sp³-hybridized carbons (Fsp3) is 0.235. The Morgan fingerprint density at radius 1 is 0.538 bits per heavy atom. The maximum atomic E-state index is 12.9. The molecule has 0 unspecified atom stereocenters. The number of carbonyl (C=O) groups excluding carboxylic acids is 1. The van der Waals surface area contributed by atoms with E-state index in [9.17, 15) is 4.79 Å². The molecule has 2 aromatic rings. The second-order valence-electron chi connectivity index (χ2n) is 5.22. The summed E-state index contributed by atoms with van der Waals surface area (Å²) in [5.41, 5.74) is 2.70. The molecule has 0 fully saturated rings. The molecule has 140 valence electrons. The van der Waals surface area contributed by atoms with Crippen LogP contribution in [0.15, 0.2) is 36.4 Å². The molecule has 0 aromatic heterocycles. The summed E-state index contributed by atoms with van der Waals surface area (Å²) in [5.74, 6) is -0.282. The maximum absolute atomic E-state index is 12.9. The first kappa shape index (κ1) is 22.7. The molecule has 0 aliphatic rings. The SMILES string of the molecule is O=C(c1ccc(C(Cl)Cl)c(C(Cl)Cl)c1)c1ccc(C(Cl)Cl)c(C(Cl)Cl)c1. The van der Waals surface area contributed by atoms with E-state index in [1.165, 1.54) is 0 Å². The van der Waals surface area contributed by atoms with Crippen LogP contribution in [0.2, 0.25) is 0 Å². The molecule has 1 nitrogen and oxygen atoms in total. The lowest BCUT2D eigenvalue weighted by Crippen LogP contribution is -2.06. The van der Waals surface area contributed by atoms with Gasteiger partial charge in [0, 0.05) is 11.1 Å². The summed E-state index contributed by atoms with van der Waals surface area (Å²) in [7, 11) is 0. The predicted molar refractivity (Wildman–Crippen MR) is 114 cm³/mol. The molecule has 0 bridgehead atoms. The van der Waals surface area contributed by atoms with E-state index in [1.807, 2.05) is 0 Å². The molecule has 0 saturated heterocycles. The van der Waals surface area contributed by atoms with Gasteiger partial charge in [-0.1, -0.05) is 24.3 Å². The Labute approximate surface area is 191 Å². The molecule has 0 amide bonds. The molecule has 26 heavy (non-hydrogen) atoms. The van der Waals surface area contributed by atoms with Crippen LogP contribution in [0.1, 0.15) is 57.5 Å². The Kier molecular flexibility index (Phi) is 8.53. The topological polar surface area (TPSA) is 17.1 Å². The minimum Gasteiger partial charge on any atom is -0.289 e. The maximum Gasteiger partial charge on any atom is 0.193 e. The van der Waals surface area contributed by atoms with E-state index >= 15 is 0 Å². The molecule has 0 aliphatic carbocycles. The van der Waals surface area contributed by atoms with E-state index in [1.54, 1.807) is 36.4 Å². The van der Waals surface area contributed by atoms with Crippen LogP contribution < -0.4 is 0 Å². The summed E-state index contributed by atoms with van der Waals surface area (Å²) in [6.07, 6.45) is 0. The molecule has 0 heterocycles. The van der Waals surface area contributed by atoms with Gasteiger partial charge in [-0.2, -0.15) is 0 Å². The molecule has 0 aliphatic heterocycles. The van der Waals surface area contributed by atoms with E-state index in [-0.39, 0.29) is 5.78 Å². The lowest BCUT2D eigenvalue weighted by Gasteiger charge is -2.15. The number of carbonyl (C=O) groups is 1. The highest BCUT2D eigenvalue weighted by atomic mass is 35.5. The zero-order chi connectivity index (χ0) is 19.6. The molecule has 2 rings (SSSR count). The molecule has 2 aromatic carbocycles. The molecule has 0 radical (unpaired) electrons. The van der Waals surface area contributed by atoms with Gasteiger partial charge >= 0.3 is 0 Å². The highest BCUT2D eigenvalue weighted by molar-refractivity contribution is 6.47. The van der Waals surface area contributed by atoms with E-state index in [4.69, 9.17) is 92.8 Å². The van der Waals surface area contributed by atoms with Crippen molar-refractivity contribution in [3.05, 3.63) is 69.8 Å². The van der Waals surface area contributed by atoms with Crippen LogP contribution in [0, 0.1) is 0 Å². The van der Waals surface area contributed by atoms with Crippen LogP contribution in [0.5, 0.6) is 0 Å². The first-order valence-corrected chi connectivity index (χ1v) is 10.6. The van der Waals surface area contributed by atoms with Crippen LogP contribution in [0.4, 0.5) is 0 Å². The van der Waals surface area contributed by atoms with Crippen LogP contribution in [-0.4, -0.2) is 5.78 Å². The van der Waals surface area contributed by atoms with Crippen LogP contribution in [0.25, 0.3) is 0 Å². The summed E-state index contributed by atoms with van der Waals surface area (Å²) in [6.45, 7) is 0. The van der Waals surface area contributed by atoms with Crippen molar-refractivity contribution in [2.75, 3.05) is 0 Å². The van der Waals surface area contributed by atoms with Crippen molar-refractivity contribution >= 4 is 98.6 Å². The van der Waals surface area contributed by atoms with E-state index in [0.717, 1.165) is 0 Å². The van der Waals surface area contributed by atoms with Crippen molar-refractivity contribution in [2.24, 2.45) is 0 Å². The van der Waals surface area contributed by atoms with Gasteiger partial charge < -0.3 is 0 Å². The van der Waals surface area contributed by atoms with Crippen molar-refractivity contribution in [3.63, 3.8) is 0 Å². The summed E-state index contributed by atoms with van der Waals surface area (Å²) in [5, 5.41) is 0. The zero-order valence-corrected chi connectivity index (χ0v) is 18.8. The number of hydrogen-bond acceptors (Lipinski definition) is 1. The Balaban J connectivity index is 2.49. The highest BCUT2D eigenvalue weighted by Crippen LogP contribution is 2.38. The summed E-state index contributed by atoms with van der Waals surface area (Å²) in [4.78, 5) is 9.43. The third-order valence-electron chi connectivity index (χ3n) is 3.64. The van der Waals surface area contributed by atoms with Gasteiger partial charge in [0.1, 0.15) is 19.3 Å². The van der Waals surface area contributed by atoms with E-state index in [0.29, 0.717) is 33.4 Å². The summed E-state index contributed by atoms with van der Waals surface area (Å²) < 4.78 is 0. The third kappa shape index (κ3) is 5.27. The highest BCUT2D eigenvalue weighted by Gasteiger charge is 2.21. The first-order valence-electron chi connectivity index (χ1n) is 7.08. The van der Waals surface area contributed by atoms with E-state index in [2.05, 4.69) is 0 Å².